The number of hydrogen-bond acceptors (Lipinski definition) is 4. The van der Waals surface area contributed by atoms with E-state index in [2.05, 4.69) is 4.98 Å². The molecule has 1 aromatic carbocycles. The van der Waals surface area contributed by atoms with E-state index in [1.54, 1.807) is 6.92 Å². The van der Waals surface area contributed by atoms with Crippen LogP contribution in [0.5, 0.6) is 0 Å². The van der Waals surface area contributed by atoms with Gasteiger partial charge in [0.15, 0.2) is 0 Å². The Kier molecular flexibility index (Phi) is 3.52. The van der Waals surface area contributed by atoms with Gasteiger partial charge in [-0.2, -0.15) is 13.2 Å². The van der Waals surface area contributed by atoms with Gasteiger partial charge in [-0.15, -0.1) is 0 Å². The molecule has 20 heavy (non-hydrogen) atoms. The second-order valence-electron chi connectivity index (χ2n) is 4.04. The number of fused-ring (bicyclic) bond motifs is 1. The number of pyridine rings is 1. The van der Waals surface area contributed by atoms with Gasteiger partial charge in [-0.25, -0.2) is 4.79 Å². The quantitative estimate of drug-likeness (QED) is 0.861. The van der Waals surface area contributed by atoms with Gasteiger partial charge in [0.25, 0.3) is 0 Å². The Balaban J connectivity index is 2.61. The summed E-state index contributed by atoms with van der Waals surface area (Å²) in [5, 5.41) is 0.0744. The summed E-state index contributed by atoms with van der Waals surface area (Å²) in [5.74, 6) is -0.711. The standard InChI is InChI=1S/C13H11F3N2O2/c1-2-20-12(19)9-6-18-10-4-3-7(13(14,15)16)5-8(10)11(9)17/h3-6H,2H2,1H3,(H2,17,18). The lowest BCUT2D eigenvalue weighted by Crippen LogP contribution is -2.10. The summed E-state index contributed by atoms with van der Waals surface area (Å²) in [6.07, 6.45) is -3.29. The molecule has 0 aliphatic rings. The first kappa shape index (κ1) is 14.1. The number of nitrogens with zero attached hydrogens (tertiary/aromatic N) is 1. The fourth-order valence-electron chi connectivity index (χ4n) is 1.76. The number of nitrogen functional groups attached to an aromatic ring is 1. The number of nitrogens with two attached hydrogens (primary N) is 1. The Bertz CT molecular complexity index is 668. The molecule has 0 atom stereocenters. The van der Waals surface area contributed by atoms with Crippen molar-refractivity contribution >= 4 is 22.6 Å². The molecule has 0 spiro atoms. The fourth-order valence-corrected chi connectivity index (χ4v) is 1.76. The summed E-state index contributed by atoms with van der Waals surface area (Å²) in [4.78, 5) is 15.5. The van der Waals surface area contributed by atoms with Crippen LogP contribution in [0.1, 0.15) is 22.8 Å². The third kappa shape index (κ3) is 2.52. The largest absolute Gasteiger partial charge is 0.462 e. The van der Waals surface area contributed by atoms with Crippen LogP contribution in [0.15, 0.2) is 24.4 Å². The summed E-state index contributed by atoms with van der Waals surface area (Å²) in [6.45, 7) is 1.75. The molecule has 1 heterocycles. The number of ether oxygens (including phenoxy) is 1. The number of rotatable bonds is 2. The number of esters is 1. The highest BCUT2D eigenvalue weighted by atomic mass is 19.4. The van der Waals surface area contributed by atoms with Gasteiger partial charge in [0, 0.05) is 11.6 Å². The number of hydrogen-bond donors (Lipinski definition) is 1. The van der Waals surface area contributed by atoms with E-state index in [-0.39, 0.29) is 28.8 Å². The second kappa shape index (κ2) is 4.99. The molecular weight excluding hydrogens is 273 g/mol. The van der Waals surface area contributed by atoms with Gasteiger partial charge in [-0.3, -0.25) is 4.98 Å². The predicted octanol–water partition coefficient (Wildman–Crippen LogP) is 3.01. The molecule has 0 amide bonds. The minimum atomic E-state index is -4.49. The van der Waals surface area contributed by atoms with Gasteiger partial charge in [0.2, 0.25) is 0 Å². The first-order valence-electron chi connectivity index (χ1n) is 5.77. The average molecular weight is 284 g/mol. The molecule has 4 nitrogen and oxygen atoms in total. The third-order valence-corrected chi connectivity index (χ3v) is 2.73. The van der Waals surface area contributed by atoms with E-state index >= 15 is 0 Å². The first-order valence-corrected chi connectivity index (χ1v) is 5.77. The number of anilines is 1. The van der Waals surface area contributed by atoms with Crippen molar-refractivity contribution in [2.24, 2.45) is 0 Å². The molecule has 1 aromatic heterocycles. The second-order valence-corrected chi connectivity index (χ2v) is 4.04. The monoisotopic (exact) mass is 284 g/mol. The highest BCUT2D eigenvalue weighted by molar-refractivity contribution is 6.04. The van der Waals surface area contributed by atoms with Crippen LogP contribution in [0.25, 0.3) is 10.9 Å². The lowest BCUT2D eigenvalue weighted by atomic mass is 10.1. The van der Waals surface area contributed by atoms with E-state index in [1.165, 1.54) is 12.3 Å². The topological polar surface area (TPSA) is 65.2 Å². The maximum Gasteiger partial charge on any atom is 0.416 e. The van der Waals surface area contributed by atoms with Crippen LogP contribution in [0.4, 0.5) is 18.9 Å². The van der Waals surface area contributed by atoms with Gasteiger partial charge in [-0.05, 0) is 25.1 Å². The van der Waals surface area contributed by atoms with Crippen molar-refractivity contribution in [3.8, 4) is 0 Å². The van der Waals surface area contributed by atoms with Gasteiger partial charge in [-0.1, -0.05) is 0 Å². The summed E-state index contributed by atoms with van der Waals surface area (Å²) >= 11 is 0. The first-order chi connectivity index (χ1) is 9.34. The highest BCUT2D eigenvalue weighted by Crippen LogP contribution is 2.33. The molecule has 2 aromatic rings. The minimum Gasteiger partial charge on any atom is -0.462 e. The van der Waals surface area contributed by atoms with Gasteiger partial charge in [0.05, 0.1) is 23.4 Å². The van der Waals surface area contributed by atoms with E-state index < -0.39 is 17.7 Å². The van der Waals surface area contributed by atoms with Crippen LogP contribution in [-0.2, 0) is 10.9 Å². The smallest absolute Gasteiger partial charge is 0.416 e. The molecule has 0 fully saturated rings. The molecule has 7 heteroatoms. The molecule has 2 rings (SSSR count). The summed E-state index contributed by atoms with van der Waals surface area (Å²) in [6, 6.07) is 3.00. The molecule has 2 N–H and O–H groups in total. The molecule has 0 saturated carbocycles. The van der Waals surface area contributed by atoms with Crippen molar-refractivity contribution in [3.05, 3.63) is 35.5 Å². The average Bonchev–Trinajstić information content (AvgIpc) is 2.38. The third-order valence-electron chi connectivity index (χ3n) is 2.73. The highest BCUT2D eigenvalue weighted by Gasteiger charge is 2.31. The maximum atomic E-state index is 12.7. The molecular formula is C13H11F3N2O2. The molecule has 0 saturated heterocycles. The van der Waals surface area contributed by atoms with Crippen LogP contribution < -0.4 is 5.73 Å². The number of carbonyl (C=O) groups is 1. The van der Waals surface area contributed by atoms with Crippen LogP contribution in [0.3, 0.4) is 0 Å². The van der Waals surface area contributed by atoms with Crippen LogP contribution in [0.2, 0.25) is 0 Å². The number of benzene rings is 1. The number of halogens is 3. The van der Waals surface area contributed by atoms with Crippen molar-refractivity contribution in [2.75, 3.05) is 12.3 Å². The Morgan fingerprint density at radius 1 is 1.40 bits per heavy atom. The summed E-state index contributed by atoms with van der Waals surface area (Å²) in [5.41, 5.74) is 5.07. The Morgan fingerprint density at radius 3 is 2.70 bits per heavy atom. The zero-order valence-electron chi connectivity index (χ0n) is 10.5. The normalized spacial score (nSPS) is 11.6. The molecule has 106 valence electrons. The van der Waals surface area contributed by atoms with E-state index in [0.29, 0.717) is 0 Å². The van der Waals surface area contributed by atoms with Gasteiger partial charge >= 0.3 is 12.1 Å². The number of carbonyl (C=O) groups excluding carboxylic acids is 1. The Morgan fingerprint density at radius 2 is 2.10 bits per heavy atom. The van der Waals surface area contributed by atoms with Crippen molar-refractivity contribution in [3.63, 3.8) is 0 Å². The molecule has 0 bridgehead atoms. The van der Waals surface area contributed by atoms with Crippen molar-refractivity contribution < 1.29 is 22.7 Å². The molecule has 0 aliphatic heterocycles. The van der Waals surface area contributed by atoms with Crippen LogP contribution in [-0.4, -0.2) is 17.6 Å². The van der Waals surface area contributed by atoms with Gasteiger partial charge < -0.3 is 10.5 Å². The zero-order chi connectivity index (χ0) is 14.9. The van der Waals surface area contributed by atoms with E-state index in [9.17, 15) is 18.0 Å². The van der Waals surface area contributed by atoms with Crippen molar-refractivity contribution in [2.45, 2.75) is 13.1 Å². The van der Waals surface area contributed by atoms with Crippen LogP contribution in [0, 0.1) is 0 Å². The predicted molar refractivity (Wildman–Crippen MR) is 67.1 cm³/mol. The molecule has 0 radical (unpaired) electrons. The lowest BCUT2D eigenvalue weighted by Gasteiger charge is -2.11. The van der Waals surface area contributed by atoms with Crippen LogP contribution >= 0.6 is 0 Å². The zero-order valence-corrected chi connectivity index (χ0v) is 10.5. The Labute approximate surface area is 112 Å². The molecule has 0 unspecified atom stereocenters. The minimum absolute atomic E-state index is 0.0429. The summed E-state index contributed by atoms with van der Waals surface area (Å²) < 4.78 is 42.8. The Hall–Kier alpha value is -2.31. The van der Waals surface area contributed by atoms with Crippen molar-refractivity contribution in [1.82, 2.24) is 4.98 Å². The van der Waals surface area contributed by atoms with Crippen molar-refractivity contribution in [1.29, 1.82) is 0 Å². The molecule has 0 aliphatic carbocycles. The van der Waals surface area contributed by atoms with E-state index in [1.807, 2.05) is 0 Å². The number of aromatic nitrogens is 1. The maximum absolute atomic E-state index is 12.7. The lowest BCUT2D eigenvalue weighted by molar-refractivity contribution is -0.137. The van der Waals surface area contributed by atoms with E-state index in [0.717, 1.165) is 12.1 Å². The number of alkyl halides is 3. The SMILES string of the molecule is CCOC(=O)c1cnc2ccc(C(F)(F)F)cc2c1N. The summed E-state index contributed by atoms with van der Waals surface area (Å²) in [7, 11) is 0. The van der Waals surface area contributed by atoms with Gasteiger partial charge in [0.1, 0.15) is 5.56 Å². The van der Waals surface area contributed by atoms with E-state index in [4.69, 9.17) is 10.5 Å². The fraction of sp³-hybridized carbons (Fsp3) is 0.231.